The molecule has 0 saturated carbocycles. The van der Waals surface area contributed by atoms with E-state index in [1.54, 1.807) is 11.3 Å². The van der Waals surface area contributed by atoms with Crippen LogP contribution in [0.5, 0.6) is 0 Å². The number of amides is 1. The number of piperidine rings is 1. The molecule has 0 radical (unpaired) electrons. The van der Waals surface area contributed by atoms with Crippen LogP contribution in [0.4, 0.5) is 11.8 Å². The second kappa shape index (κ2) is 5.45. The summed E-state index contributed by atoms with van der Waals surface area (Å²) < 4.78 is 0. The number of nitrogens with one attached hydrogen (secondary N) is 1. The molecule has 7 nitrogen and oxygen atoms in total. The van der Waals surface area contributed by atoms with E-state index >= 15 is 0 Å². The quantitative estimate of drug-likeness (QED) is 0.576. The molecule has 8 heteroatoms. The Labute approximate surface area is 126 Å². The molecule has 1 atom stereocenters. The minimum absolute atomic E-state index is 0.127. The lowest BCUT2D eigenvalue weighted by atomic mass is 9.97. The molecule has 3 rings (SSSR count). The van der Waals surface area contributed by atoms with Crippen molar-refractivity contribution in [3.63, 3.8) is 0 Å². The van der Waals surface area contributed by atoms with E-state index in [4.69, 9.17) is 11.6 Å². The van der Waals surface area contributed by atoms with Crippen LogP contribution in [0.3, 0.4) is 0 Å². The third-order valence-corrected chi connectivity index (χ3v) is 4.69. The van der Waals surface area contributed by atoms with Crippen LogP contribution in [0, 0.1) is 12.8 Å². The maximum Gasteiger partial charge on any atom is 0.240 e. The normalized spacial score (nSPS) is 19.0. The molecule has 2 aromatic rings. The number of aromatic nitrogens is 2. The number of nitrogen functional groups attached to an aromatic ring is 1. The average molecular weight is 306 g/mol. The summed E-state index contributed by atoms with van der Waals surface area (Å²) in [6.45, 7) is 3.49. The Morgan fingerprint density at radius 1 is 1.52 bits per heavy atom. The number of aryl methyl sites for hydroxylation is 1. The number of hydrazine groups is 1. The highest BCUT2D eigenvalue weighted by Gasteiger charge is 2.26. The fourth-order valence-corrected chi connectivity index (χ4v) is 3.61. The Balaban J connectivity index is 2.03. The van der Waals surface area contributed by atoms with Gasteiger partial charge in [0.2, 0.25) is 11.9 Å². The lowest BCUT2D eigenvalue weighted by Gasteiger charge is -2.32. The van der Waals surface area contributed by atoms with Gasteiger partial charge >= 0.3 is 0 Å². The SMILES string of the molecule is Cc1cc2c(N3CCCC(C(N)=O)C3)nc(NN)nc2s1. The largest absolute Gasteiger partial charge is 0.369 e. The number of carbonyl (C=O) groups excluding carboxylic acids is 1. The number of nitrogens with zero attached hydrogens (tertiary/aromatic N) is 3. The smallest absolute Gasteiger partial charge is 0.240 e. The monoisotopic (exact) mass is 306 g/mol. The van der Waals surface area contributed by atoms with E-state index in [0.29, 0.717) is 12.5 Å². The van der Waals surface area contributed by atoms with E-state index in [1.165, 1.54) is 0 Å². The van der Waals surface area contributed by atoms with Gasteiger partial charge in [-0.2, -0.15) is 4.98 Å². The number of hydrogen-bond donors (Lipinski definition) is 3. The molecule has 0 bridgehead atoms. The van der Waals surface area contributed by atoms with Crippen LogP contribution in [0.25, 0.3) is 10.2 Å². The molecule has 5 N–H and O–H groups in total. The van der Waals surface area contributed by atoms with Crippen molar-refractivity contribution in [3.05, 3.63) is 10.9 Å². The van der Waals surface area contributed by atoms with E-state index < -0.39 is 0 Å². The molecule has 0 spiro atoms. The highest BCUT2D eigenvalue weighted by Crippen LogP contribution is 2.33. The minimum Gasteiger partial charge on any atom is -0.369 e. The van der Waals surface area contributed by atoms with E-state index in [1.807, 2.05) is 6.92 Å². The van der Waals surface area contributed by atoms with Gasteiger partial charge in [0.25, 0.3) is 0 Å². The number of anilines is 2. The number of carbonyl (C=O) groups is 1. The first-order chi connectivity index (χ1) is 10.1. The fraction of sp³-hybridized carbons (Fsp3) is 0.462. The van der Waals surface area contributed by atoms with Crippen molar-refractivity contribution in [2.75, 3.05) is 23.4 Å². The lowest BCUT2D eigenvalue weighted by molar-refractivity contribution is -0.122. The van der Waals surface area contributed by atoms with Crippen molar-refractivity contribution in [1.29, 1.82) is 0 Å². The van der Waals surface area contributed by atoms with Crippen molar-refractivity contribution in [1.82, 2.24) is 9.97 Å². The number of rotatable bonds is 3. The third-order valence-electron chi connectivity index (χ3n) is 3.75. The van der Waals surface area contributed by atoms with Crippen molar-refractivity contribution in [2.45, 2.75) is 19.8 Å². The number of nitrogens with two attached hydrogens (primary N) is 2. The predicted octanol–water partition coefficient (Wildman–Crippen LogP) is 0.987. The van der Waals surface area contributed by atoms with Gasteiger partial charge in [-0.25, -0.2) is 10.8 Å². The molecule has 1 saturated heterocycles. The van der Waals surface area contributed by atoms with Gasteiger partial charge in [0, 0.05) is 18.0 Å². The molecule has 1 fully saturated rings. The van der Waals surface area contributed by atoms with Crippen LogP contribution >= 0.6 is 11.3 Å². The van der Waals surface area contributed by atoms with E-state index in [-0.39, 0.29) is 11.8 Å². The zero-order valence-corrected chi connectivity index (χ0v) is 12.6. The highest BCUT2D eigenvalue weighted by molar-refractivity contribution is 7.18. The fourth-order valence-electron chi connectivity index (χ4n) is 2.73. The molecule has 0 aliphatic carbocycles. The average Bonchev–Trinajstić information content (AvgIpc) is 2.86. The van der Waals surface area contributed by atoms with Gasteiger partial charge in [-0.3, -0.25) is 10.2 Å². The van der Waals surface area contributed by atoms with Gasteiger partial charge in [-0.1, -0.05) is 0 Å². The Kier molecular flexibility index (Phi) is 3.64. The van der Waals surface area contributed by atoms with E-state index in [2.05, 4.69) is 26.4 Å². The zero-order chi connectivity index (χ0) is 15.0. The summed E-state index contributed by atoms with van der Waals surface area (Å²) in [6.07, 6.45) is 1.76. The standard InChI is InChI=1S/C13H18N6OS/c1-7-5-9-11(16-13(18-15)17-12(9)21-7)19-4-2-3-8(6-19)10(14)20/h5,8H,2-4,6,15H2,1H3,(H2,14,20)(H,16,17,18). The van der Waals surface area contributed by atoms with Gasteiger partial charge in [0.15, 0.2) is 0 Å². The second-order valence-corrected chi connectivity index (χ2v) is 6.51. The topological polar surface area (TPSA) is 110 Å². The molecule has 112 valence electrons. The first-order valence-electron chi connectivity index (χ1n) is 6.87. The molecular weight excluding hydrogens is 288 g/mol. The number of primary amides is 1. The van der Waals surface area contributed by atoms with Crippen molar-refractivity contribution in [2.24, 2.45) is 17.5 Å². The molecular formula is C13H18N6OS. The first kappa shape index (κ1) is 14.0. The van der Waals surface area contributed by atoms with Crippen molar-refractivity contribution in [3.8, 4) is 0 Å². The maximum atomic E-state index is 11.5. The molecule has 1 aliphatic rings. The maximum absolute atomic E-state index is 11.5. The van der Waals surface area contributed by atoms with Crippen LogP contribution in [-0.4, -0.2) is 29.0 Å². The molecule has 0 aromatic carbocycles. The van der Waals surface area contributed by atoms with Gasteiger partial charge in [0.05, 0.1) is 11.3 Å². The molecule has 1 amide bonds. The van der Waals surface area contributed by atoms with E-state index in [0.717, 1.165) is 40.3 Å². The molecule has 3 heterocycles. The van der Waals surface area contributed by atoms with Crippen LogP contribution in [0.2, 0.25) is 0 Å². The third kappa shape index (κ3) is 2.64. The zero-order valence-electron chi connectivity index (χ0n) is 11.8. The molecule has 2 aromatic heterocycles. The van der Waals surface area contributed by atoms with Gasteiger partial charge in [0.1, 0.15) is 10.6 Å². The second-order valence-electron chi connectivity index (χ2n) is 5.28. The summed E-state index contributed by atoms with van der Waals surface area (Å²) in [4.78, 5) is 24.5. The number of thiophene rings is 1. The van der Waals surface area contributed by atoms with Gasteiger partial charge in [-0.05, 0) is 25.8 Å². The first-order valence-corrected chi connectivity index (χ1v) is 7.69. The van der Waals surface area contributed by atoms with Crippen LogP contribution in [-0.2, 0) is 4.79 Å². The van der Waals surface area contributed by atoms with Crippen LogP contribution in [0.1, 0.15) is 17.7 Å². The summed E-state index contributed by atoms with van der Waals surface area (Å²) >= 11 is 1.60. The predicted molar refractivity (Wildman–Crippen MR) is 84.1 cm³/mol. The summed E-state index contributed by atoms with van der Waals surface area (Å²) in [7, 11) is 0. The van der Waals surface area contributed by atoms with Crippen molar-refractivity contribution >= 4 is 39.2 Å². The Morgan fingerprint density at radius 3 is 3.05 bits per heavy atom. The van der Waals surface area contributed by atoms with E-state index in [9.17, 15) is 4.79 Å². The summed E-state index contributed by atoms with van der Waals surface area (Å²) in [5.41, 5.74) is 7.96. The molecule has 1 aliphatic heterocycles. The van der Waals surface area contributed by atoms with Crippen LogP contribution < -0.4 is 21.9 Å². The van der Waals surface area contributed by atoms with Gasteiger partial charge in [-0.15, -0.1) is 11.3 Å². The Bertz CT molecular complexity index is 685. The van der Waals surface area contributed by atoms with Crippen LogP contribution in [0.15, 0.2) is 6.07 Å². The summed E-state index contributed by atoms with van der Waals surface area (Å²) in [5.74, 6) is 6.30. The summed E-state index contributed by atoms with van der Waals surface area (Å²) in [5, 5.41) is 1.00. The Morgan fingerprint density at radius 2 is 2.33 bits per heavy atom. The molecule has 1 unspecified atom stereocenters. The lowest BCUT2D eigenvalue weighted by Crippen LogP contribution is -2.41. The number of hydrogen-bond acceptors (Lipinski definition) is 7. The number of fused-ring (bicyclic) bond motifs is 1. The molecule has 21 heavy (non-hydrogen) atoms. The van der Waals surface area contributed by atoms with Gasteiger partial charge < -0.3 is 10.6 Å². The minimum atomic E-state index is -0.247. The Hall–Kier alpha value is -1.93. The highest BCUT2D eigenvalue weighted by atomic mass is 32.1. The summed E-state index contributed by atoms with van der Waals surface area (Å²) in [6, 6.07) is 2.07. The van der Waals surface area contributed by atoms with Crippen molar-refractivity contribution < 1.29 is 4.79 Å².